The molecule has 74 valence electrons. The van der Waals surface area contributed by atoms with E-state index in [4.69, 9.17) is 10.6 Å². The van der Waals surface area contributed by atoms with Gasteiger partial charge in [0, 0.05) is 13.0 Å². The van der Waals surface area contributed by atoms with E-state index in [0.29, 0.717) is 0 Å². The van der Waals surface area contributed by atoms with E-state index in [1.165, 1.54) is 0 Å². The summed E-state index contributed by atoms with van der Waals surface area (Å²) in [5.41, 5.74) is 2.67. The average molecular weight is 182 g/mol. The van der Waals surface area contributed by atoms with E-state index in [2.05, 4.69) is 24.2 Å². The SMILES string of the molecule is CC#CCC(NN)C1(C)CCCO1. The Bertz CT molecular complexity index is 211. The van der Waals surface area contributed by atoms with Crippen LogP contribution in [-0.4, -0.2) is 18.2 Å². The predicted molar refractivity (Wildman–Crippen MR) is 52.8 cm³/mol. The van der Waals surface area contributed by atoms with Crippen molar-refractivity contribution >= 4 is 0 Å². The van der Waals surface area contributed by atoms with Gasteiger partial charge in [-0.05, 0) is 26.7 Å². The lowest BCUT2D eigenvalue weighted by molar-refractivity contribution is -0.0102. The minimum atomic E-state index is -0.126. The Morgan fingerprint density at radius 3 is 2.92 bits per heavy atom. The third kappa shape index (κ3) is 2.44. The second-order valence-corrected chi connectivity index (χ2v) is 3.61. The lowest BCUT2D eigenvalue weighted by atomic mass is 9.91. The molecule has 0 aliphatic carbocycles. The van der Waals surface area contributed by atoms with Gasteiger partial charge in [0.1, 0.15) is 0 Å². The maximum Gasteiger partial charge on any atom is 0.0830 e. The van der Waals surface area contributed by atoms with Gasteiger partial charge in [-0.3, -0.25) is 11.3 Å². The minimum Gasteiger partial charge on any atom is -0.374 e. The smallest absolute Gasteiger partial charge is 0.0830 e. The molecule has 1 rings (SSSR count). The molecule has 0 radical (unpaired) electrons. The molecule has 13 heavy (non-hydrogen) atoms. The molecule has 1 aliphatic rings. The van der Waals surface area contributed by atoms with Crippen molar-refractivity contribution < 1.29 is 4.74 Å². The third-order valence-corrected chi connectivity index (χ3v) is 2.67. The van der Waals surface area contributed by atoms with Crippen LogP contribution in [0.4, 0.5) is 0 Å². The third-order valence-electron chi connectivity index (χ3n) is 2.67. The fourth-order valence-electron chi connectivity index (χ4n) is 1.73. The van der Waals surface area contributed by atoms with E-state index in [1.54, 1.807) is 0 Å². The van der Waals surface area contributed by atoms with Crippen LogP contribution >= 0.6 is 0 Å². The molecule has 3 N–H and O–H groups in total. The zero-order valence-electron chi connectivity index (χ0n) is 8.39. The second-order valence-electron chi connectivity index (χ2n) is 3.61. The largest absolute Gasteiger partial charge is 0.374 e. The molecular formula is C10H18N2O. The van der Waals surface area contributed by atoms with Crippen LogP contribution in [0, 0.1) is 11.8 Å². The van der Waals surface area contributed by atoms with Crippen molar-refractivity contribution in [3.63, 3.8) is 0 Å². The van der Waals surface area contributed by atoms with Gasteiger partial charge in [-0.1, -0.05) is 0 Å². The summed E-state index contributed by atoms with van der Waals surface area (Å²) in [6.45, 7) is 4.78. The Morgan fingerprint density at radius 2 is 2.46 bits per heavy atom. The van der Waals surface area contributed by atoms with E-state index in [0.717, 1.165) is 25.9 Å². The summed E-state index contributed by atoms with van der Waals surface area (Å²) in [5, 5.41) is 0. The number of hydrogen-bond acceptors (Lipinski definition) is 3. The van der Waals surface area contributed by atoms with E-state index >= 15 is 0 Å². The molecule has 2 unspecified atom stereocenters. The molecule has 1 saturated heterocycles. The fourth-order valence-corrected chi connectivity index (χ4v) is 1.73. The van der Waals surface area contributed by atoms with Gasteiger partial charge in [0.2, 0.25) is 0 Å². The zero-order valence-corrected chi connectivity index (χ0v) is 8.39. The Labute approximate surface area is 80.0 Å². The predicted octanol–water partition coefficient (Wildman–Crippen LogP) is 0.801. The van der Waals surface area contributed by atoms with Gasteiger partial charge in [-0.25, -0.2) is 0 Å². The van der Waals surface area contributed by atoms with Crippen LogP contribution in [0.3, 0.4) is 0 Å². The lowest BCUT2D eigenvalue weighted by Gasteiger charge is -2.31. The van der Waals surface area contributed by atoms with Crippen LogP contribution in [0.5, 0.6) is 0 Å². The highest BCUT2D eigenvalue weighted by Crippen LogP contribution is 2.29. The van der Waals surface area contributed by atoms with Gasteiger partial charge in [0.05, 0.1) is 11.6 Å². The van der Waals surface area contributed by atoms with E-state index < -0.39 is 0 Å². The normalized spacial score (nSPS) is 29.5. The van der Waals surface area contributed by atoms with Crippen molar-refractivity contribution in [3.05, 3.63) is 0 Å². The average Bonchev–Trinajstić information content (AvgIpc) is 2.54. The van der Waals surface area contributed by atoms with Gasteiger partial charge >= 0.3 is 0 Å². The van der Waals surface area contributed by atoms with Gasteiger partial charge in [-0.2, -0.15) is 0 Å². The molecular weight excluding hydrogens is 164 g/mol. The van der Waals surface area contributed by atoms with Crippen LogP contribution in [0.15, 0.2) is 0 Å². The Morgan fingerprint density at radius 1 is 1.69 bits per heavy atom. The highest BCUT2D eigenvalue weighted by Gasteiger charge is 2.37. The molecule has 0 bridgehead atoms. The van der Waals surface area contributed by atoms with Crippen molar-refractivity contribution in [3.8, 4) is 11.8 Å². The second kappa shape index (κ2) is 4.61. The standard InChI is InChI=1S/C10H18N2O/c1-3-4-6-9(12-11)10(2)7-5-8-13-10/h9,12H,5-8,11H2,1-2H3. The molecule has 0 saturated carbocycles. The highest BCUT2D eigenvalue weighted by atomic mass is 16.5. The molecule has 0 aromatic rings. The molecule has 0 aromatic heterocycles. The van der Waals surface area contributed by atoms with Gasteiger partial charge in [0.15, 0.2) is 0 Å². The summed E-state index contributed by atoms with van der Waals surface area (Å²) in [6, 6.07) is 0.141. The maximum atomic E-state index is 5.68. The van der Waals surface area contributed by atoms with Crippen molar-refractivity contribution in [1.82, 2.24) is 5.43 Å². The first-order valence-corrected chi connectivity index (χ1v) is 4.72. The number of nitrogens with one attached hydrogen (secondary N) is 1. The molecule has 0 amide bonds. The molecule has 1 aliphatic heterocycles. The van der Waals surface area contributed by atoms with E-state index in [9.17, 15) is 0 Å². The van der Waals surface area contributed by atoms with Crippen molar-refractivity contribution in [2.75, 3.05) is 6.61 Å². The maximum absolute atomic E-state index is 5.68. The monoisotopic (exact) mass is 182 g/mol. The summed E-state index contributed by atoms with van der Waals surface area (Å²) < 4.78 is 5.68. The molecule has 3 heteroatoms. The van der Waals surface area contributed by atoms with E-state index in [-0.39, 0.29) is 11.6 Å². The quantitative estimate of drug-likeness (QED) is 0.385. The van der Waals surface area contributed by atoms with Crippen LogP contribution in [0.25, 0.3) is 0 Å². The van der Waals surface area contributed by atoms with Crippen molar-refractivity contribution in [2.45, 2.75) is 44.8 Å². The van der Waals surface area contributed by atoms with Crippen molar-refractivity contribution in [2.24, 2.45) is 5.84 Å². The summed E-state index contributed by atoms with van der Waals surface area (Å²) >= 11 is 0. The Hall–Kier alpha value is -0.560. The van der Waals surface area contributed by atoms with E-state index in [1.807, 2.05) is 6.92 Å². The van der Waals surface area contributed by atoms with Gasteiger partial charge in [0.25, 0.3) is 0 Å². The minimum absolute atomic E-state index is 0.126. The first-order valence-electron chi connectivity index (χ1n) is 4.72. The Balaban J connectivity index is 2.56. The number of hydrogen-bond donors (Lipinski definition) is 2. The highest BCUT2D eigenvalue weighted by molar-refractivity contribution is 5.03. The summed E-state index contributed by atoms with van der Waals surface area (Å²) in [5.74, 6) is 11.4. The van der Waals surface area contributed by atoms with Crippen LogP contribution in [0.2, 0.25) is 0 Å². The van der Waals surface area contributed by atoms with Crippen LogP contribution in [0.1, 0.15) is 33.1 Å². The first kappa shape index (κ1) is 10.5. The number of nitrogens with two attached hydrogens (primary N) is 1. The molecule has 0 aromatic carbocycles. The van der Waals surface area contributed by atoms with Crippen LogP contribution in [-0.2, 0) is 4.74 Å². The van der Waals surface area contributed by atoms with Gasteiger partial charge in [-0.15, -0.1) is 11.8 Å². The van der Waals surface area contributed by atoms with Gasteiger partial charge < -0.3 is 4.74 Å². The molecule has 2 atom stereocenters. The Kier molecular flexibility index (Phi) is 3.73. The van der Waals surface area contributed by atoms with Crippen LogP contribution < -0.4 is 11.3 Å². The fraction of sp³-hybridized carbons (Fsp3) is 0.800. The van der Waals surface area contributed by atoms with Crippen molar-refractivity contribution in [1.29, 1.82) is 0 Å². The zero-order chi connectivity index (χ0) is 9.73. The summed E-state index contributed by atoms with van der Waals surface area (Å²) in [4.78, 5) is 0. The topological polar surface area (TPSA) is 47.3 Å². The number of hydrazine groups is 1. The number of rotatable bonds is 3. The summed E-state index contributed by atoms with van der Waals surface area (Å²) in [7, 11) is 0. The number of ether oxygens (including phenoxy) is 1. The molecule has 1 fully saturated rings. The lowest BCUT2D eigenvalue weighted by Crippen LogP contribution is -2.51. The summed E-state index contributed by atoms with van der Waals surface area (Å²) in [6.07, 6.45) is 2.94. The molecule has 3 nitrogen and oxygen atoms in total. The first-order chi connectivity index (χ1) is 6.23. The molecule has 0 spiro atoms. The molecule has 1 heterocycles.